The lowest BCUT2D eigenvalue weighted by molar-refractivity contribution is -0.386. The van der Waals surface area contributed by atoms with Crippen LogP contribution in [-0.2, 0) is 0 Å². The van der Waals surface area contributed by atoms with Crippen LogP contribution < -0.4 is 15.0 Å². The van der Waals surface area contributed by atoms with Gasteiger partial charge in [0.25, 0.3) is 5.56 Å². The molecule has 2 aromatic heterocycles. The first kappa shape index (κ1) is 25.2. The number of rotatable bonds is 7. The van der Waals surface area contributed by atoms with E-state index in [2.05, 4.69) is 26.0 Å². The number of hydrogen-bond donors (Lipinski definition) is 0. The number of nitro benzene ring substituents is 1. The minimum atomic E-state index is -0.531. The van der Waals surface area contributed by atoms with E-state index in [1.165, 1.54) is 12.3 Å². The van der Waals surface area contributed by atoms with Crippen LogP contribution in [0.15, 0.2) is 79.4 Å². The molecule has 3 aromatic carbocycles. The number of furan rings is 1. The van der Waals surface area contributed by atoms with Crippen molar-refractivity contribution in [1.82, 2.24) is 9.66 Å². The molecule has 0 amide bonds. The number of aromatic nitrogens is 2. The average molecular weight is 577 g/mol. The van der Waals surface area contributed by atoms with E-state index >= 15 is 0 Å². The lowest BCUT2D eigenvalue weighted by Gasteiger charge is -2.12. The van der Waals surface area contributed by atoms with Crippen LogP contribution in [0.4, 0.5) is 5.69 Å². The van der Waals surface area contributed by atoms with Crippen LogP contribution in [0, 0.1) is 10.1 Å². The van der Waals surface area contributed by atoms with Gasteiger partial charge < -0.3 is 13.9 Å². The molecule has 0 aliphatic heterocycles. The zero-order valence-corrected chi connectivity index (χ0v) is 22.1. The molecule has 11 heteroatoms. The number of para-hydroxylation sites is 1. The Labute approximate surface area is 224 Å². The second-order valence-corrected chi connectivity index (χ2v) is 9.43. The molecule has 5 aromatic rings. The molecule has 0 radical (unpaired) electrons. The minimum absolute atomic E-state index is 0.114. The molecular formula is C27H21BrN4O6. The number of hydrogen-bond acceptors (Lipinski definition) is 8. The highest BCUT2D eigenvalue weighted by Crippen LogP contribution is 2.37. The van der Waals surface area contributed by atoms with Gasteiger partial charge in [-0.15, -0.1) is 0 Å². The summed E-state index contributed by atoms with van der Waals surface area (Å²) in [5.41, 5.74) is 0.736. The largest absolute Gasteiger partial charge is 0.496 e. The van der Waals surface area contributed by atoms with E-state index in [1.807, 2.05) is 0 Å². The second-order valence-electron chi connectivity index (χ2n) is 8.57. The summed E-state index contributed by atoms with van der Waals surface area (Å²) in [6.07, 6.45) is 1.08. The van der Waals surface area contributed by atoms with Gasteiger partial charge in [0, 0.05) is 11.6 Å². The highest BCUT2D eigenvalue weighted by atomic mass is 79.9. The third-order valence-corrected chi connectivity index (χ3v) is 6.22. The van der Waals surface area contributed by atoms with E-state index in [-0.39, 0.29) is 23.4 Å². The fourth-order valence-corrected chi connectivity index (χ4v) is 4.56. The fraction of sp³-hybridized carbons (Fsp3) is 0.148. The zero-order chi connectivity index (χ0) is 27.0. The van der Waals surface area contributed by atoms with Gasteiger partial charge in [-0.25, -0.2) is 4.98 Å². The molecule has 0 aliphatic carbocycles. The van der Waals surface area contributed by atoms with Crippen molar-refractivity contribution >= 4 is 49.7 Å². The van der Waals surface area contributed by atoms with Gasteiger partial charge in [-0.2, -0.15) is 9.78 Å². The number of ether oxygens (including phenoxy) is 2. The van der Waals surface area contributed by atoms with Crippen molar-refractivity contribution in [2.75, 3.05) is 7.11 Å². The molecule has 2 heterocycles. The van der Waals surface area contributed by atoms with Gasteiger partial charge in [0.2, 0.25) is 11.6 Å². The van der Waals surface area contributed by atoms with Crippen LogP contribution in [0.2, 0.25) is 0 Å². The third-order valence-electron chi connectivity index (χ3n) is 5.63. The molecule has 0 atom stereocenters. The summed E-state index contributed by atoms with van der Waals surface area (Å²) >= 11 is 3.35. The Morgan fingerprint density at radius 3 is 2.66 bits per heavy atom. The number of benzene rings is 3. The van der Waals surface area contributed by atoms with Gasteiger partial charge in [0.1, 0.15) is 11.3 Å². The van der Waals surface area contributed by atoms with Crippen molar-refractivity contribution in [2.24, 2.45) is 5.10 Å². The predicted molar refractivity (Wildman–Crippen MR) is 147 cm³/mol. The Balaban J connectivity index is 1.69. The molecule has 10 nitrogen and oxygen atoms in total. The lowest BCUT2D eigenvalue weighted by atomic mass is 10.2. The Morgan fingerprint density at radius 2 is 1.92 bits per heavy atom. The maximum atomic E-state index is 13.5. The van der Waals surface area contributed by atoms with Crippen LogP contribution in [0.3, 0.4) is 0 Å². The fourth-order valence-electron chi connectivity index (χ4n) is 4.00. The molecule has 38 heavy (non-hydrogen) atoms. The number of halogens is 1. The van der Waals surface area contributed by atoms with Gasteiger partial charge in [-0.3, -0.25) is 14.9 Å². The monoisotopic (exact) mass is 576 g/mol. The smallest absolute Gasteiger partial charge is 0.312 e. The zero-order valence-electron chi connectivity index (χ0n) is 20.5. The maximum absolute atomic E-state index is 13.5. The van der Waals surface area contributed by atoms with Crippen LogP contribution in [-0.4, -0.2) is 34.0 Å². The van der Waals surface area contributed by atoms with E-state index in [4.69, 9.17) is 13.9 Å². The SMILES string of the molecule is COc1cccc2oc(-c3nc4ccccc4c(=O)n3N=Cc3cc(Br)c(OC(C)C)c([N+](=O)[O-])c3)cc12. The van der Waals surface area contributed by atoms with Crippen molar-refractivity contribution in [3.63, 3.8) is 0 Å². The topological polar surface area (TPSA) is 122 Å². The van der Waals surface area contributed by atoms with Crippen LogP contribution >= 0.6 is 15.9 Å². The average Bonchev–Trinajstić information content (AvgIpc) is 3.33. The highest BCUT2D eigenvalue weighted by molar-refractivity contribution is 9.10. The summed E-state index contributed by atoms with van der Waals surface area (Å²) in [7, 11) is 1.56. The summed E-state index contributed by atoms with van der Waals surface area (Å²) in [5.74, 6) is 1.19. The van der Waals surface area contributed by atoms with Crippen molar-refractivity contribution in [3.8, 4) is 23.1 Å². The predicted octanol–water partition coefficient (Wildman–Crippen LogP) is 6.16. The third kappa shape index (κ3) is 4.63. The van der Waals surface area contributed by atoms with Crippen LogP contribution in [0.1, 0.15) is 19.4 Å². The van der Waals surface area contributed by atoms with Crippen LogP contribution in [0.5, 0.6) is 11.5 Å². The number of nitrogens with zero attached hydrogens (tertiary/aromatic N) is 4. The molecule has 0 unspecified atom stereocenters. The van der Waals surface area contributed by atoms with Crippen molar-refractivity contribution < 1.29 is 18.8 Å². The lowest BCUT2D eigenvalue weighted by Crippen LogP contribution is -2.20. The molecule has 0 saturated carbocycles. The quantitative estimate of drug-likeness (QED) is 0.129. The van der Waals surface area contributed by atoms with Crippen molar-refractivity contribution in [1.29, 1.82) is 0 Å². The second kappa shape index (κ2) is 10.1. The first-order valence-electron chi connectivity index (χ1n) is 11.5. The van der Waals surface area contributed by atoms with Gasteiger partial charge in [-0.05, 0) is 66.2 Å². The Morgan fingerprint density at radius 1 is 1.13 bits per heavy atom. The highest BCUT2D eigenvalue weighted by Gasteiger charge is 2.22. The van der Waals surface area contributed by atoms with Crippen LogP contribution in [0.25, 0.3) is 33.5 Å². The minimum Gasteiger partial charge on any atom is -0.496 e. The first-order chi connectivity index (χ1) is 18.3. The molecule has 0 aliphatic rings. The molecule has 0 saturated heterocycles. The summed E-state index contributed by atoms with van der Waals surface area (Å²) in [5, 5.41) is 17.2. The first-order valence-corrected chi connectivity index (χ1v) is 12.3. The van der Waals surface area contributed by atoms with Gasteiger partial charge in [0.15, 0.2) is 5.76 Å². The van der Waals surface area contributed by atoms with Crippen molar-refractivity contribution in [2.45, 2.75) is 20.0 Å². The van der Waals surface area contributed by atoms with Gasteiger partial charge in [-0.1, -0.05) is 18.2 Å². The molecule has 0 bridgehead atoms. The van der Waals surface area contributed by atoms with E-state index in [1.54, 1.807) is 75.6 Å². The number of methoxy groups -OCH3 is 1. The van der Waals surface area contributed by atoms with Gasteiger partial charge in [0.05, 0.1) is 45.1 Å². The molecule has 5 rings (SSSR count). The Bertz CT molecular complexity index is 1790. The summed E-state index contributed by atoms with van der Waals surface area (Å²) in [6.45, 7) is 3.56. The maximum Gasteiger partial charge on any atom is 0.312 e. The number of nitro groups is 1. The molecular weight excluding hydrogens is 556 g/mol. The van der Waals surface area contributed by atoms with E-state index < -0.39 is 10.5 Å². The molecule has 0 fully saturated rings. The summed E-state index contributed by atoms with van der Waals surface area (Å²) < 4.78 is 18.6. The summed E-state index contributed by atoms with van der Waals surface area (Å²) in [6, 6.07) is 17.0. The Kier molecular flexibility index (Phi) is 6.68. The molecule has 0 N–H and O–H groups in total. The molecule has 0 spiro atoms. The van der Waals surface area contributed by atoms with Crippen molar-refractivity contribution in [3.05, 3.63) is 91.2 Å². The van der Waals surface area contributed by atoms with E-state index in [0.717, 1.165) is 4.68 Å². The number of fused-ring (bicyclic) bond motifs is 2. The van der Waals surface area contributed by atoms with E-state index in [0.29, 0.717) is 43.4 Å². The van der Waals surface area contributed by atoms with Gasteiger partial charge >= 0.3 is 5.69 Å². The summed E-state index contributed by atoms with van der Waals surface area (Å²) in [4.78, 5) is 29.4. The standard InChI is InChI=1S/C27H21BrN4O6/c1-15(2)37-25-19(28)11-16(12-21(25)32(34)35)14-29-31-26(30-20-8-5-4-7-17(20)27(31)33)24-13-18-22(36-3)9-6-10-23(18)38-24/h4-15H,1-3H3. The van der Waals surface area contributed by atoms with E-state index in [9.17, 15) is 14.9 Å². The molecule has 192 valence electrons. The normalized spacial score (nSPS) is 11.6. The Hall–Kier alpha value is -4.51.